The highest BCUT2D eigenvalue weighted by molar-refractivity contribution is 6.35. The quantitative estimate of drug-likeness (QED) is 0.381. The average molecular weight is 425 g/mol. The number of phenolic OH excluding ortho intramolecular Hbond substituents is 1. The van der Waals surface area contributed by atoms with Gasteiger partial charge in [-0.05, 0) is 65.9 Å². The molecule has 3 aromatic rings. The van der Waals surface area contributed by atoms with Crippen molar-refractivity contribution in [3.63, 3.8) is 0 Å². The van der Waals surface area contributed by atoms with E-state index in [0.717, 1.165) is 34.2 Å². The second-order valence-corrected chi connectivity index (χ2v) is 7.46. The highest BCUT2D eigenvalue weighted by atomic mass is 35.5. The number of allylic oxidation sites excluding steroid dienone is 2. The van der Waals surface area contributed by atoms with Crippen LogP contribution in [0.1, 0.15) is 16.7 Å². The molecule has 3 aromatic carbocycles. The van der Waals surface area contributed by atoms with E-state index < -0.39 is 0 Å². The molecule has 0 aliphatic carbocycles. The van der Waals surface area contributed by atoms with Gasteiger partial charge >= 0.3 is 0 Å². The van der Waals surface area contributed by atoms with Gasteiger partial charge in [0.25, 0.3) is 0 Å². The molecule has 29 heavy (non-hydrogen) atoms. The molecule has 0 heterocycles. The molecule has 1 N–H and O–H groups in total. The lowest BCUT2D eigenvalue weighted by Gasteiger charge is -2.15. The first-order chi connectivity index (χ1) is 14.0. The molecule has 0 radical (unpaired) electrons. The van der Waals surface area contributed by atoms with Gasteiger partial charge in [-0.15, -0.1) is 13.2 Å². The Balaban J connectivity index is 2.00. The van der Waals surface area contributed by atoms with Gasteiger partial charge in [0, 0.05) is 21.2 Å². The molecule has 0 aliphatic rings. The molecule has 0 bridgehead atoms. The van der Waals surface area contributed by atoms with E-state index in [0.29, 0.717) is 22.2 Å². The Morgan fingerprint density at radius 2 is 1.62 bits per heavy atom. The van der Waals surface area contributed by atoms with Crippen LogP contribution in [0.25, 0.3) is 11.1 Å². The lowest BCUT2D eigenvalue weighted by Crippen LogP contribution is -2.00. The summed E-state index contributed by atoms with van der Waals surface area (Å²) in [4.78, 5) is 0. The predicted molar refractivity (Wildman–Crippen MR) is 122 cm³/mol. The third-order valence-corrected chi connectivity index (χ3v) is 5.32. The summed E-state index contributed by atoms with van der Waals surface area (Å²) in [6, 6.07) is 17.0. The van der Waals surface area contributed by atoms with Crippen molar-refractivity contribution >= 4 is 23.2 Å². The average Bonchev–Trinajstić information content (AvgIpc) is 2.70. The van der Waals surface area contributed by atoms with Crippen LogP contribution >= 0.6 is 23.2 Å². The number of hydrogen-bond donors (Lipinski definition) is 1. The Kier molecular flexibility index (Phi) is 7.03. The van der Waals surface area contributed by atoms with Crippen molar-refractivity contribution in [3.8, 4) is 22.6 Å². The van der Waals surface area contributed by atoms with Crippen molar-refractivity contribution in [2.24, 2.45) is 0 Å². The first-order valence-corrected chi connectivity index (χ1v) is 10.0. The van der Waals surface area contributed by atoms with Gasteiger partial charge in [0.1, 0.15) is 18.1 Å². The van der Waals surface area contributed by atoms with Crippen LogP contribution in [0.15, 0.2) is 79.9 Å². The first-order valence-electron chi connectivity index (χ1n) is 9.26. The smallest absolute Gasteiger partial charge is 0.127 e. The highest BCUT2D eigenvalue weighted by Gasteiger charge is 2.12. The van der Waals surface area contributed by atoms with Gasteiger partial charge in [-0.25, -0.2) is 0 Å². The van der Waals surface area contributed by atoms with E-state index in [1.165, 1.54) is 0 Å². The van der Waals surface area contributed by atoms with Crippen LogP contribution < -0.4 is 4.74 Å². The molecule has 0 aromatic heterocycles. The third kappa shape index (κ3) is 5.03. The summed E-state index contributed by atoms with van der Waals surface area (Å²) in [5, 5.41) is 11.3. The summed E-state index contributed by atoms with van der Waals surface area (Å²) in [6.07, 6.45) is 4.96. The molecule has 2 nitrogen and oxygen atoms in total. The molecule has 0 amide bonds. The predicted octanol–water partition coefficient (Wildman–Crippen LogP) is 7.40. The summed E-state index contributed by atoms with van der Waals surface area (Å²) in [6.45, 7) is 7.84. The van der Waals surface area contributed by atoms with E-state index in [4.69, 9.17) is 27.9 Å². The molecular weight excluding hydrogens is 403 g/mol. The minimum Gasteiger partial charge on any atom is -0.508 e. The zero-order chi connectivity index (χ0) is 20.8. The summed E-state index contributed by atoms with van der Waals surface area (Å²) < 4.78 is 6.13. The summed E-state index contributed by atoms with van der Waals surface area (Å²) in [5.74, 6) is 0.963. The van der Waals surface area contributed by atoms with Crippen LogP contribution in [0, 0.1) is 0 Å². The number of rotatable bonds is 8. The van der Waals surface area contributed by atoms with Gasteiger partial charge in [-0.2, -0.15) is 0 Å². The lowest BCUT2D eigenvalue weighted by molar-refractivity contribution is 0.307. The fourth-order valence-corrected chi connectivity index (χ4v) is 3.62. The number of benzene rings is 3. The van der Waals surface area contributed by atoms with Crippen molar-refractivity contribution in [1.29, 1.82) is 0 Å². The molecule has 0 saturated carbocycles. The molecule has 3 rings (SSSR count). The van der Waals surface area contributed by atoms with Gasteiger partial charge in [0.2, 0.25) is 0 Å². The van der Waals surface area contributed by atoms with E-state index in [2.05, 4.69) is 19.2 Å². The fraction of sp³-hybridized carbons (Fsp3) is 0.120. The summed E-state index contributed by atoms with van der Waals surface area (Å²) in [5.41, 5.74) is 4.56. The van der Waals surface area contributed by atoms with Crippen LogP contribution in [0.4, 0.5) is 0 Å². The Hall–Kier alpha value is -2.68. The lowest BCUT2D eigenvalue weighted by atomic mass is 9.97. The largest absolute Gasteiger partial charge is 0.508 e. The van der Waals surface area contributed by atoms with Crippen molar-refractivity contribution in [2.75, 3.05) is 0 Å². The van der Waals surface area contributed by atoms with Gasteiger partial charge in [0.15, 0.2) is 0 Å². The van der Waals surface area contributed by atoms with E-state index in [-0.39, 0.29) is 12.4 Å². The Morgan fingerprint density at radius 3 is 2.31 bits per heavy atom. The molecule has 0 atom stereocenters. The minimum absolute atomic E-state index is 0.251. The van der Waals surface area contributed by atoms with Crippen LogP contribution in [0.5, 0.6) is 11.5 Å². The maximum atomic E-state index is 10.1. The molecule has 0 aliphatic heterocycles. The maximum absolute atomic E-state index is 10.1. The van der Waals surface area contributed by atoms with Crippen LogP contribution in [0.2, 0.25) is 10.0 Å². The molecule has 148 valence electrons. The van der Waals surface area contributed by atoms with Crippen molar-refractivity contribution < 1.29 is 9.84 Å². The zero-order valence-electron chi connectivity index (χ0n) is 16.0. The highest BCUT2D eigenvalue weighted by Crippen LogP contribution is 2.35. The van der Waals surface area contributed by atoms with Crippen LogP contribution in [0.3, 0.4) is 0 Å². The third-order valence-electron chi connectivity index (χ3n) is 4.61. The standard InChI is InChI=1S/C25H22Cl2O2/c1-3-6-17-10-13-25(29-16-21-22(26)8-5-9-23(21)27)20(14-17)18-11-12-24(28)19(15-18)7-4-2/h3-5,8-15,28H,1-2,6-7,16H2. The van der Waals surface area contributed by atoms with E-state index in [1.807, 2.05) is 30.3 Å². The minimum atomic E-state index is 0.251. The second-order valence-electron chi connectivity index (χ2n) is 6.65. The summed E-state index contributed by atoms with van der Waals surface area (Å²) in [7, 11) is 0. The first kappa shape index (κ1) is 21.0. The Bertz CT molecular complexity index is 1020. The van der Waals surface area contributed by atoms with E-state index in [1.54, 1.807) is 30.3 Å². The van der Waals surface area contributed by atoms with Gasteiger partial charge in [-0.1, -0.05) is 53.6 Å². The number of ether oxygens (including phenoxy) is 1. The summed E-state index contributed by atoms with van der Waals surface area (Å²) >= 11 is 12.6. The second kappa shape index (κ2) is 9.69. The Labute approximate surface area is 181 Å². The monoisotopic (exact) mass is 424 g/mol. The number of hydrogen-bond acceptors (Lipinski definition) is 2. The number of phenols is 1. The molecule has 0 fully saturated rings. The van der Waals surface area contributed by atoms with Crippen molar-refractivity contribution in [3.05, 3.63) is 107 Å². The van der Waals surface area contributed by atoms with Gasteiger partial charge in [-0.3, -0.25) is 0 Å². The van der Waals surface area contributed by atoms with E-state index >= 15 is 0 Å². The van der Waals surface area contributed by atoms with Gasteiger partial charge < -0.3 is 9.84 Å². The molecule has 0 saturated heterocycles. The molecule has 0 unspecified atom stereocenters. The number of halogens is 2. The van der Waals surface area contributed by atoms with Crippen LogP contribution in [-0.4, -0.2) is 5.11 Å². The van der Waals surface area contributed by atoms with Gasteiger partial charge in [0.05, 0.1) is 0 Å². The number of aromatic hydroxyl groups is 1. The zero-order valence-corrected chi connectivity index (χ0v) is 17.5. The topological polar surface area (TPSA) is 29.5 Å². The van der Waals surface area contributed by atoms with Crippen LogP contribution in [-0.2, 0) is 19.4 Å². The molecule has 4 heteroatoms. The maximum Gasteiger partial charge on any atom is 0.127 e. The SMILES string of the molecule is C=CCc1ccc(OCc2c(Cl)cccc2Cl)c(-c2ccc(O)c(CC=C)c2)c1. The normalized spacial score (nSPS) is 10.6. The van der Waals surface area contributed by atoms with E-state index in [9.17, 15) is 5.11 Å². The molecule has 0 spiro atoms. The fourth-order valence-electron chi connectivity index (χ4n) is 3.11. The molecular formula is C25H22Cl2O2. The van der Waals surface area contributed by atoms with Crippen molar-refractivity contribution in [2.45, 2.75) is 19.4 Å². The Morgan fingerprint density at radius 1 is 0.897 bits per heavy atom. The van der Waals surface area contributed by atoms with Crippen molar-refractivity contribution in [1.82, 2.24) is 0 Å².